The lowest BCUT2D eigenvalue weighted by atomic mass is 10.1. The Kier molecular flexibility index (Phi) is 5.44. The normalized spacial score (nSPS) is 12.2. The molecule has 8 nitrogen and oxygen atoms in total. The lowest BCUT2D eigenvalue weighted by Crippen LogP contribution is -2.50. The Hall–Kier alpha value is -2.64. The molecule has 1 aromatic rings. The van der Waals surface area contributed by atoms with Crippen molar-refractivity contribution in [1.82, 2.24) is 10.6 Å². The molecule has 0 spiro atoms. The van der Waals surface area contributed by atoms with Crippen LogP contribution in [-0.2, 0) is 4.79 Å². The van der Waals surface area contributed by atoms with Gasteiger partial charge in [-0.3, -0.25) is 20.2 Å². The third-order valence-electron chi connectivity index (χ3n) is 2.44. The number of rotatable bonds is 4. The minimum absolute atomic E-state index is 0.143. The van der Waals surface area contributed by atoms with Crippen molar-refractivity contribution in [3.8, 4) is 5.75 Å². The van der Waals surface area contributed by atoms with Crippen molar-refractivity contribution < 1.29 is 19.2 Å². The van der Waals surface area contributed by atoms with Crippen molar-refractivity contribution in [3.05, 3.63) is 34.4 Å². The summed E-state index contributed by atoms with van der Waals surface area (Å²) < 4.78 is 5.30. The summed E-state index contributed by atoms with van der Waals surface area (Å²) in [6.07, 6.45) is -0.979. The first kappa shape index (κ1) is 17.4. The number of hydrogen-bond donors (Lipinski definition) is 2. The molecule has 22 heavy (non-hydrogen) atoms. The number of hydrogen-bond acceptors (Lipinski definition) is 5. The van der Waals surface area contributed by atoms with Crippen molar-refractivity contribution in [1.29, 1.82) is 0 Å². The number of carbonyl (C=O) groups excluding carboxylic acids is 2. The number of nitro groups is 1. The molecule has 1 atom stereocenters. The van der Waals surface area contributed by atoms with Gasteiger partial charge in [-0.1, -0.05) is 6.07 Å². The number of amides is 3. The van der Waals surface area contributed by atoms with Crippen LogP contribution in [0.25, 0.3) is 0 Å². The number of nitrogens with zero attached hydrogens (tertiary/aromatic N) is 1. The van der Waals surface area contributed by atoms with Crippen molar-refractivity contribution in [2.45, 2.75) is 39.3 Å². The van der Waals surface area contributed by atoms with Gasteiger partial charge in [0.05, 0.1) is 11.0 Å². The number of imide groups is 1. The quantitative estimate of drug-likeness (QED) is 0.652. The maximum Gasteiger partial charge on any atom is 0.321 e. The van der Waals surface area contributed by atoms with E-state index in [1.54, 1.807) is 20.8 Å². The molecule has 8 heteroatoms. The van der Waals surface area contributed by atoms with Gasteiger partial charge >= 0.3 is 6.03 Å². The summed E-state index contributed by atoms with van der Waals surface area (Å²) in [4.78, 5) is 33.5. The second-order valence-electron chi connectivity index (χ2n) is 5.71. The van der Waals surface area contributed by atoms with Crippen molar-refractivity contribution >= 4 is 17.6 Å². The number of nitrogens with one attached hydrogen (secondary N) is 2. The zero-order valence-corrected chi connectivity index (χ0v) is 12.9. The molecule has 0 unspecified atom stereocenters. The van der Waals surface area contributed by atoms with E-state index in [0.717, 1.165) is 0 Å². The molecule has 0 heterocycles. The predicted molar refractivity (Wildman–Crippen MR) is 79.6 cm³/mol. The highest BCUT2D eigenvalue weighted by Crippen LogP contribution is 2.20. The largest absolute Gasteiger partial charge is 0.481 e. The van der Waals surface area contributed by atoms with E-state index in [9.17, 15) is 19.7 Å². The fraction of sp³-hybridized carbons (Fsp3) is 0.429. The molecule has 0 bridgehead atoms. The van der Waals surface area contributed by atoms with Gasteiger partial charge in [-0.25, -0.2) is 4.79 Å². The number of carbonyl (C=O) groups is 2. The number of non-ortho nitro benzene ring substituents is 1. The topological polar surface area (TPSA) is 111 Å². The van der Waals surface area contributed by atoms with Crippen LogP contribution in [-0.4, -0.2) is 28.5 Å². The number of benzene rings is 1. The number of nitro benzene ring substituents is 1. The Morgan fingerprint density at radius 1 is 1.32 bits per heavy atom. The molecule has 0 aliphatic carbocycles. The van der Waals surface area contributed by atoms with Gasteiger partial charge in [-0.2, -0.15) is 0 Å². The van der Waals surface area contributed by atoms with Crippen LogP contribution in [0.5, 0.6) is 5.75 Å². The highest BCUT2D eigenvalue weighted by molar-refractivity contribution is 5.96. The molecule has 0 aliphatic heterocycles. The van der Waals surface area contributed by atoms with E-state index >= 15 is 0 Å². The average Bonchev–Trinajstić information content (AvgIpc) is 2.36. The van der Waals surface area contributed by atoms with Gasteiger partial charge in [-0.15, -0.1) is 0 Å². The lowest BCUT2D eigenvalue weighted by molar-refractivity contribution is -0.384. The van der Waals surface area contributed by atoms with Crippen molar-refractivity contribution in [2.75, 3.05) is 0 Å². The van der Waals surface area contributed by atoms with E-state index in [-0.39, 0.29) is 11.4 Å². The van der Waals surface area contributed by atoms with Gasteiger partial charge in [0.15, 0.2) is 6.10 Å². The van der Waals surface area contributed by atoms with Gasteiger partial charge in [0.1, 0.15) is 5.75 Å². The van der Waals surface area contributed by atoms with E-state index < -0.39 is 28.5 Å². The van der Waals surface area contributed by atoms with Crippen LogP contribution in [0.3, 0.4) is 0 Å². The average molecular weight is 309 g/mol. The third kappa shape index (κ3) is 5.78. The van der Waals surface area contributed by atoms with E-state index in [0.29, 0.717) is 0 Å². The smallest absolute Gasteiger partial charge is 0.321 e. The Labute approximate surface area is 128 Å². The fourth-order valence-corrected chi connectivity index (χ4v) is 1.51. The van der Waals surface area contributed by atoms with Gasteiger partial charge in [0, 0.05) is 11.6 Å². The van der Waals surface area contributed by atoms with Crippen LogP contribution in [0.4, 0.5) is 10.5 Å². The van der Waals surface area contributed by atoms with E-state index in [4.69, 9.17) is 4.74 Å². The zero-order valence-electron chi connectivity index (χ0n) is 12.9. The predicted octanol–water partition coefficient (Wildman–Crippen LogP) is 1.99. The second-order valence-corrected chi connectivity index (χ2v) is 5.71. The van der Waals surface area contributed by atoms with E-state index in [1.165, 1.54) is 31.2 Å². The first-order valence-electron chi connectivity index (χ1n) is 6.62. The van der Waals surface area contributed by atoms with Crippen LogP contribution < -0.4 is 15.4 Å². The molecule has 0 aliphatic rings. The molecule has 120 valence electrons. The summed E-state index contributed by atoms with van der Waals surface area (Å²) in [7, 11) is 0. The molecule has 0 aromatic heterocycles. The minimum atomic E-state index is -0.979. The molecule has 2 N–H and O–H groups in total. The second kappa shape index (κ2) is 6.88. The SMILES string of the molecule is C[C@@H](Oc1cccc([N+](=O)[O-])c1)C(=O)NC(=O)NC(C)(C)C. The zero-order chi connectivity index (χ0) is 16.9. The molecule has 0 fully saturated rings. The number of ether oxygens (including phenoxy) is 1. The molecule has 3 amide bonds. The third-order valence-corrected chi connectivity index (χ3v) is 2.44. The van der Waals surface area contributed by atoms with E-state index in [2.05, 4.69) is 10.6 Å². The maximum atomic E-state index is 11.8. The van der Waals surface area contributed by atoms with Crippen molar-refractivity contribution in [2.24, 2.45) is 0 Å². The van der Waals surface area contributed by atoms with Crippen LogP contribution in [0.15, 0.2) is 24.3 Å². The summed E-state index contributed by atoms with van der Waals surface area (Å²) in [6.45, 7) is 6.78. The summed E-state index contributed by atoms with van der Waals surface area (Å²) in [5.41, 5.74) is -0.621. The first-order valence-corrected chi connectivity index (χ1v) is 6.62. The highest BCUT2D eigenvalue weighted by Gasteiger charge is 2.21. The van der Waals surface area contributed by atoms with Crippen LogP contribution >= 0.6 is 0 Å². The summed E-state index contributed by atoms with van der Waals surface area (Å²) in [6, 6.07) is 4.83. The highest BCUT2D eigenvalue weighted by atomic mass is 16.6. The minimum Gasteiger partial charge on any atom is -0.481 e. The fourth-order valence-electron chi connectivity index (χ4n) is 1.51. The Balaban J connectivity index is 2.63. The molecule has 0 saturated heterocycles. The van der Waals surface area contributed by atoms with Crippen LogP contribution in [0.2, 0.25) is 0 Å². The Morgan fingerprint density at radius 2 is 1.95 bits per heavy atom. The molecule has 0 saturated carbocycles. The number of urea groups is 1. The summed E-state index contributed by atoms with van der Waals surface area (Å²) in [5.74, 6) is -0.471. The van der Waals surface area contributed by atoms with Gasteiger partial charge < -0.3 is 10.1 Å². The van der Waals surface area contributed by atoms with Crippen LogP contribution in [0.1, 0.15) is 27.7 Å². The van der Waals surface area contributed by atoms with Gasteiger partial charge in [-0.05, 0) is 33.8 Å². The Bertz CT molecular complexity index is 580. The molecule has 1 rings (SSSR count). The molecular weight excluding hydrogens is 290 g/mol. The molecular formula is C14H19N3O5. The molecule has 0 radical (unpaired) electrons. The van der Waals surface area contributed by atoms with E-state index in [1.807, 2.05) is 0 Å². The summed E-state index contributed by atoms with van der Waals surface area (Å²) >= 11 is 0. The van der Waals surface area contributed by atoms with Crippen molar-refractivity contribution in [3.63, 3.8) is 0 Å². The van der Waals surface area contributed by atoms with Gasteiger partial charge in [0.25, 0.3) is 11.6 Å². The first-order chi connectivity index (χ1) is 10.1. The molecule has 1 aromatic carbocycles. The van der Waals surface area contributed by atoms with Gasteiger partial charge in [0.2, 0.25) is 0 Å². The standard InChI is InChI=1S/C14H19N3O5/c1-9(12(18)15-13(19)16-14(2,3)4)22-11-7-5-6-10(8-11)17(20)21/h5-9H,1-4H3,(H2,15,16,18,19)/t9-/m1/s1. The monoisotopic (exact) mass is 309 g/mol. The Morgan fingerprint density at radius 3 is 2.50 bits per heavy atom. The summed E-state index contributed by atoms with van der Waals surface area (Å²) in [5, 5.41) is 15.4. The van der Waals surface area contributed by atoms with Crippen LogP contribution in [0, 0.1) is 10.1 Å². The maximum absolute atomic E-state index is 11.8. The lowest BCUT2D eigenvalue weighted by Gasteiger charge is -2.21.